The molecule has 0 aliphatic heterocycles. The average molecular weight is 400 g/mol. The standard InChI is InChI=1S/C15H24N6O5S/c1-27-3-2-10(14(25)18-7-13(23)24)21-15(26)11(20-12(22)5-16)4-9-6-17-8-19-9/h6,8,10-11H,2-5,7,16H2,1H3,(H,17,19)(H,18,25)(H,20,22)(H,21,26)(H,23,24). The summed E-state index contributed by atoms with van der Waals surface area (Å²) in [5.74, 6) is -2.32. The molecule has 0 bridgehead atoms. The Labute approximate surface area is 160 Å². The first-order valence-corrected chi connectivity index (χ1v) is 9.52. The lowest BCUT2D eigenvalue weighted by molar-refractivity contribution is -0.138. The summed E-state index contributed by atoms with van der Waals surface area (Å²) in [4.78, 5) is 53.8. The van der Waals surface area contributed by atoms with Crippen molar-refractivity contribution in [2.75, 3.05) is 25.1 Å². The molecule has 12 heteroatoms. The van der Waals surface area contributed by atoms with Gasteiger partial charge in [0.25, 0.3) is 0 Å². The molecule has 0 aliphatic rings. The minimum absolute atomic E-state index is 0.129. The number of carbonyl (C=O) groups is 4. The van der Waals surface area contributed by atoms with Crippen molar-refractivity contribution in [2.24, 2.45) is 5.73 Å². The minimum Gasteiger partial charge on any atom is -0.480 e. The maximum Gasteiger partial charge on any atom is 0.322 e. The summed E-state index contributed by atoms with van der Waals surface area (Å²) in [5.41, 5.74) is 5.90. The number of aromatic nitrogens is 2. The van der Waals surface area contributed by atoms with Gasteiger partial charge < -0.3 is 31.8 Å². The van der Waals surface area contributed by atoms with Crippen LogP contribution in [0.25, 0.3) is 0 Å². The van der Waals surface area contributed by atoms with E-state index < -0.39 is 42.3 Å². The summed E-state index contributed by atoms with van der Waals surface area (Å²) in [7, 11) is 0. The second-order valence-corrected chi connectivity index (χ2v) is 6.54. The number of imidazole rings is 1. The number of rotatable bonds is 12. The lowest BCUT2D eigenvalue weighted by Gasteiger charge is -2.22. The molecule has 11 nitrogen and oxygen atoms in total. The van der Waals surface area contributed by atoms with Gasteiger partial charge in [-0.2, -0.15) is 11.8 Å². The van der Waals surface area contributed by atoms with Gasteiger partial charge in [-0.15, -0.1) is 0 Å². The summed E-state index contributed by atoms with van der Waals surface area (Å²) in [6.45, 7) is -0.840. The van der Waals surface area contributed by atoms with E-state index in [1.165, 1.54) is 24.3 Å². The molecule has 2 atom stereocenters. The molecule has 0 fully saturated rings. The van der Waals surface area contributed by atoms with Gasteiger partial charge in [0.15, 0.2) is 0 Å². The quantitative estimate of drug-likeness (QED) is 0.229. The maximum atomic E-state index is 12.6. The van der Waals surface area contributed by atoms with Crippen LogP contribution in [0.15, 0.2) is 12.5 Å². The van der Waals surface area contributed by atoms with Crippen molar-refractivity contribution in [2.45, 2.75) is 24.9 Å². The number of hydrogen-bond acceptors (Lipinski definition) is 7. The van der Waals surface area contributed by atoms with E-state index >= 15 is 0 Å². The van der Waals surface area contributed by atoms with Crippen LogP contribution in [0.4, 0.5) is 0 Å². The molecular weight excluding hydrogens is 376 g/mol. The van der Waals surface area contributed by atoms with Crippen molar-refractivity contribution < 1.29 is 24.3 Å². The van der Waals surface area contributed by atoms with Crippen LogP contribution in [0.3, 0.4) is 0 Å². The number of nitrogens with two attached hydrogens (primary N) is 1. The van der Waals surface area contributed by atoms with E-state index in [0.29, 0.717) is 17.9 Å². The first kappa shape index (κ1) is 22.4. The average Bonchev–Trinajstić information content (AvgIpc) is 3.15. The molecule has 1 heterocycles. The van der Waals surface area contributed by atoms with Gasteiger partial charge in [-0.1, -0.05) is 0 Å². The normalized spacial score (nSPS) is 12.7. The van der Waals surface area contributed by atoms with E-state index in [2.05, 4.69) is 25.9 Å². The molecule has 1 aromatic rings. The molecule has 0 radical (unpaired) electrons. The molecule has 3 amide bonds. The van der Waals surface area contributed by atoms with E-state index in [0.717, 1.165) is 0 Å². The lowest BCUT2D eigenvalue weighted by atomic mass is 10.1. The third kappa shape index (κ3) is 8.55. The van der Waals surface area contributed by atoms with E-state index in [1.54, 1.807) is 0 Å². The summed E-state index contributed by atoms with van der Waals surface area (Å²) in [6, 6.07) is -1.89. The van der Waals surface area contributed by atoms with Gasteiger partial charge in [-0.3, -0.25) is 19.2 Å². The van der Waals surface area contributed by atoms with Gasteiger partial charge in [0, 0.05) is 18.3 Å². The number of aliphatic carboxylic acids is 1. The van der Waals surface area contributed by atoms with Crippen LogP contribution >= 0.6 is 11.8 Å². The Kier molecular flexibility index (Phi) is 9.90. The fourth-order valence-electron chi connectivity index (χ4n) is 2.14. The monoisotopic (exact) mass is 400 g/mol. The van der Waals surface area contributed by atoms with Crippen molar-refractivity contribution in [1.82, 2.24) is 25.9 Å². The van der Waals surface area contributed by atoms with Crippen molar-refractivity contribution in [3.63, 3.8) is 0 Å². The number of hydrogen-bond donors (Lipinski definition) is 6. The Morgan fingerprint density at radius 1 is 1.26 bits per heavy atom. The molecule has 1 rings (SSSR count). The Bertz CT molecular complexity index is 639. The minimum atomic E-state index is -1.19. The molecule has 27 heavy (non-hydrogen) atoms. The molecular formula is C15H24N6O5S. The molecule has 7 N–H and O–H groups in total. The zero-order chi connectivity index (χ0) is 20.2. The van der Waals surface area contributed by atoms with E-state index in [1.807, 2.05) is 6.26 Å². The van der Waals surface area contributed by atoms with Crippen molar-refractivity contribution in [3.8, 4) is 0 Å². The molecule has 0 saturated carbocycles. The topological polar surface area (TPSA) is 179 Å². The summed E-state index contributed by atoms with van der Waals surface area (Å²) in [5, 5.41) is 16.0. The van der Waals surface area contributed by atoms with E-state index in [9.17, 15) is 19.2 Å². The number of nitrogens with one attached hydrogen (secondary N) is 4. The zero-order valence-electron chi connectivity index (χ0n) is 14.9. The molecule has 1 aromatic heterocycles. The number of carbonyl (C=O) groups excluding carboxylic acids is 3. The Morgan fingerprint density at radius 3 is 2.56 bits per heavy atom. The van der Waals surface area contributed by atoms with Crippen LogP contribution in [-0.4, -0.2) is 75.9 Å². The SMILES string of the molecule is CSCCC(NC(=O)C(Cc1cnc[nH]1)NC(=O)CN)C(=O)NCC(=O)O. The van der Waals surface area contributed by atoms with Crippen molar-refractivity contribution >= 4 is 35.5 Å². The second kappa shape index (κ2) is 11.9. The van der Waals surface area contributed by atoms with Gasteiger partial charge in [0.2, 0.25) is 17.7 Å². The zero-order valence-corrected chi connectivity index (χ0v) is 15.7. The molecule has 0 spiro atoms. The van der Waals surface area contributed by atoms with Gasteiger partial charge >= 0.3 is 5.97 Å². The third-order valence-electron chi connectivity index (χ3n) is 3.47. The molecule has 0 saturated heterocycles. The van der Waals surface area contributed by atoms with E-state index in [-0.39, 0.29) is 13.0 Å². The van der Waals surface area contributed by atoms with Crippen LogP contribution in [0.1, 0.15) is 12.1 Å². The fraction of sp³-hybridized carbons (Fsp3) is 0.533. The largest absolute Gasteiger partial charge is 0.480 e. The Hall–Kier alpha value is -2.60. The first-order chi connectivity index (χ1) is 12.9. The van der Waals surface area contributed by atoms with Crippen molar-refractivity contribution in [3.05, 3.63) is 18.2 Å². The maximum absolute atomic E-state index is 12.6. The number of carboxylic acids is 1. The van der Waals surface area contributed by atoms with Crippen LogP contribution in [0.5, 0.6) is 0 Å². The second-order valence-electron chi connectivity index (χ2n) is 5.56. The van der Waals surface area contributed by atoms with Gasteiger partial charge in [0.1, 0.15) is 18.6 Å². The fourth-order valence-corrected chi connectivity index (χ4v) is 2.61. The van der Waals surface area contributed by atoms with E-state index in [4.69, 9.17) is 10.8 Å². The van der Waals surface area contributed by atoms with Crippen molar-refractivity contribution in [1.29, 1.82) is 0 Å². The van der Waals surface area contributed by atoms with Gasteiger partial charge in [0.05, 0.1) is 12.9 Å². The van der Waals surface area contributed by atoms with Gasteiger partial charge in [-0.05, 0) is 18.4 Å². The molecule has 2 unspecified atom stereocenters. The molecule has 0 aliphatic carbocycles. The lowest BCUT2D eigenvalue weighted by Crippen LogP contribution is -2.55. The highest BCUT2D eigenvalue weighted by molar-refractivity contribution is 7.98. The van der Waals surface area contributed by atoms with Crippen LogP contribution in [0.2, 0.25) is 0 Å². The third-order valence-corrected chi connectivity index (χ3v) is 4.12. The van der Waals surface area contributed by atoms with Gasteiger partial charge in [-0.25, -0.2) is 4.98 Å². The summed E-state index contributed by atoms with van der Waals surface area (Å²) >= 11 is 1.48. The van der Waals surface area contributed by atoms with Crippen LogP contribution < -0.4 is 21.7 Å². The highest BCUT2D eigenvalue weighted by Gasteiger charge is 2.27. The van der Waals surface area contributed by atoms with Crippen LogP contribution in [-0.2, 0) is 25.6 Å². The smallest absolute Gasteiger partial charge is 0.322 e. The number of thioether (sulfide) groups is 1. The predicted molar refractivity (Wildman–Crippen MR) is 98.9 cm³/mol. The summed E-state index contributed by atoms with van der Waals surface area (Å²) in [6.07, 6.45) is 5.23. The highest BCUT2D eigenvalue weighted by atomic mass is 32.2. The summed E-state index contributed by atoms with van der Waals surface area (Å²) < 4.78 is 0. The number of nitrogens with zero attached hydrogens (tertiary/aromatic N) is 1. The number of carboxylic acid groups (broad SMARTS) is 1. The number of amides is 3. The number of aromatic amines is 1. The Balaban J connectivity index is 2.82. The molecule has 150 valence electrons. The highest BCUT2D eigenvalue weighted by Crippen LogP contribution is 2.04. The predicted octanol–water partition coefficient (Wildman–Crippen LogP) is -2.17. The number of H-pyrrole nitrogens is 1. The van der Waals surface area contributed by atoms with Crippen LogP contribution in [0, 0.1) is 0 Å². The molecule has 0 aromatic carbocycles. The first-order valence-electron chi connectivity index (χ1n) is 8.12. The Morgan fingerprint density at radius 2 is 2.00 bits per heavy atom.